The summed E-state index contributed by atoms with van der Waals surface area (Å²) in [6.07, 6.45) is 2.70. The Morgan fingerprint density at radius 3 is 2.46 bits per heavy atom. The van der Waals surface area contributed by atoms with Gasteiger partial charge in [-0.25, -0.2) is 4.79 Å². The summed E-state index contributed by atoms with van der Waals surface area (Å²) < 4.78 is 11.1. The Hall–Kier alpha value is -3.01. The van der Waals surface area contributed by atoms with Crippen molar-refractivity contribution in [3.8, 4) is 22.6 Å². The van der Waals surface area contributed by atoms with Crippen LogP contribution in [0.5, 0.6) is 11.5 Å². The number of aromatic hydroxyl groups is 1. The number of ether oxygens (including phenoxy) is 2. The molecule has 0 saturated heterocycles. The van der Waals surface area contributed by atoms with Crippen LogP contribution in [0.4, 0.5) is 0 Å². The van der Waals surface area contributed by atoms with Crippen LogP contribution < -0.4 is 4.74 Å². The summed E-state index contributed by atoms with van der Waals surface area (Å²) in [7, 11) is 0. The van der Waals surface area contributed by atoms with E-state index in [-0.39, 0.29) is 18.3 Å². The fourth-order valence-electron chi connectivity index (χ4n) is 4.51. The Morgan fingerprint density at radius 1 is 0.964 bits per heavy atom. The highest BCUT2D eigenvalue weighted by Gasteiger charge is 2.32. The molecule has 2 heterocycles. The van der Waals surface area contributed by atoms with Crippen LogP contribution in [-0.4, -0.2) is 17.7 Å². The number of carbonyl (C=O) groups is 1. The molecule has 2 aliphatic heterocycles. The molecule has 3 aromatic rings. The molecule has 28 heavy (non-hydrogen) atoms. The van der Waals surface area contributed by atoms with E-state index in [1.54, 1.807) is 0 Å². The molecule has 4 heteroatoms. The number of benzene rings is 3. The fourth-order valence-corrected chi connectivity index (χ4v) is 4.51. The highest BCUT2D eigenvalue weighted by Crippen LogP contribution is 2.46. The average molecular weight is 374 g/mol. The van der Waals surface area contributed by atoms with Gasteiger partial charge in [0.25, 0.3) is 0 Å². The number of fused-ring (bicyclic) bond motifs is 3. The molecule has 5 rings (SSSR count). The van der Waals surface area contributed by atoms with E-state index in [0.717, 1.165) is 46.9 Å². The van der Waals surface area contributed by atoms with Gasteiger partial charge in [-0.3, -0.25) is 0 Å². The summed E-state index contributed by atoms with van der Waals surface area (Å²) in [6, 6.07) is 10.3. The van der Waals surface area contributed by atoms with E-state index in [4.69, 9.17) is 9.47 Å². The van der Waals surface area contributed by atoms with Gasteiger partial charge in [0.1, 0.15) is 18.1 Å². The molecule has 0 unspecified atom stereocenters. The largest absolute Gasteiger partial charge is 0.507 e. The van der Waals surface area contributed by atoms with Crippen molar-refractivity contribution < 1.29 is 19.4 Å². The third kappa shape index (κ3) is 2.34. The molecule has 2 aliphatic rings. The van der Waals surface area contributed by atoms with E-state index in [1.165, 1.54) is 16.7 Å². The van der Waals surface area contributed by atoms with Crippen LogP contribution in [0, 0.1) is 0 Å². The van der Waals surface area contributed by atoms with Crippen LogP contribution in [0.25, 0.3) is 21.9 Å². The molecule has 0 aromatic heterocycles. The molecule has 0 atom stereocenters. The normalized spacial score (nSPS) is 14.7. The molecular formula is C24H22O4. The van der Waals surface area contributed by atoms with Crippen LogP contribution in [0.1, 0.15) is 46.5 Å². The van der Waals surface area contributed by atoms with Gasteiger partial charge in [-0.05, 0) is 52.6 Å². The van der Waals surface area contributed by atoms with Crippen LogP contribution in [0.3, 0.4) is 0 Å². The average Bonchev–Trinajstić information content (AvgIpc) is 3.34. The second kappa shape index (κ2) is 6.26. The predicted molar refractivity (Wildman–Crippen MR) is 108 cm³/mol. The third-order valence-electron chi connectivity index (χ3n) is 6.00. The van der Waals surface area contributed by atoms with Gasteiger partial charge in [-0.2, -0.15) is 0 Å². The first-order valence-electron chi connectivity index (χ1n) is 9.88. The summed E-state index contributed by atoms with van der Waals surface area (Å²) in [5, 5.41) is 12.6. The zero-order valence-corrected chi connectivity index (χ0v) is 16.1. The van der Waals surface area contributed by atoms with Crippen molar-refractivity contribution in [3.63, 3.8) is 0 Å². The molecular weight excluding hydrogens is 352 g/mol. The topological polar surface area (TPSA) is 55.8 Å². The van der Waals surface area contributed by atoms with Crippen LogP contribution in [0.15, 0.2) is 30.3 Å². The molecule has 1 N–H and O–H groups in total. The number of hydrogen-bond acceptors (Lipinski definition) is 4. The maximum absolute atomic E-state index is 12.6. The van der Waals surface area contributed by atoms with E-state index in [9.17, 15) is 9.90 Å². The SMILES string of the molecule is CCc1cc2c(O)c3c(c(-c4ccc5c(c4)OCC5)c2cc1CC)C(=O)OC3. The smallest absolute Gasteiger partial charge is 0.339 e. The molecule has 3 aromatic carbocycles. The molecule has 0 bridgehead atoms. The van der Waals surface area contributed by atoms with E-state index in [1.807, 2.05) is 12.1 Å². The minimum absolute atomic E-state index is 0.112. The Balaban J connectivity index is 1.90. The van der Waals surface area contributed by atoms with Crippen LogP contribution in [0.2, 0.25) is 0 Å². The monoisotopic (exact) mass is 374 g/mol. The van der Waals surface area contributed by atoms with Gasteiger partial charge >= 0.3 is 5.97 Å². The Morgan fingerprint density at radius 2 is 1.71 bits per heavy atom. The lowest BCUT2D eigenvalue weighted by molar-refractivity contribution is 0.0535. The first-order chi connectivity index (χ1) is 13.6. The van der Waals surface area contributed by atoms with E-state index >= 15 is 0 Å². The van der Waals surface area contributed by atoms with Gasteiger partial charge in [0.15, 0.2) is 0 Å². The Labute approximate surface area is 163 Å². The van der Waals surface area contributed by atoms with Gasteiger partial charge < -0.3 is 14.6 Å². The molecule has 0 aliphatic carbocycles. The molecule has 142 valence electrons. The lowest BCUT2D eigenvalue weighted by Gasteiger charge is -2.17. The van der Waals surface area contributed by atoms with Crippen molar-refractivity contribution in [3.05, 3.63) is 58.1 Å². The maximum atomic E-state index is 12.6. The summed E-state index contributed by atoms with van der Waals surface area (Å²) in [5.74, 6) is 0.662. The van der Waals surface area contributed by atoms with E-state index < -0.39 is 0 Å². The van der Waals surface area contributed by atoms with E-state index in [0.29, 0.717) is 17.7 Å². The molecule has 0 amide bonds. The van der Waals surface area contributed by atoms with Gasteiger partial charge in [0.2, 0.25) is 0 Å². The number of cyclic esters (lactones) is 1. The summed E-state index contributed by atoms with van der Waals surface area (Å²) >= 11 is 0. The fraction of sp³-hybridized carbons (Fsp3) is 0.292. The first kappa shape index (κ1) is 17.1. The molecule has 4 nitrogen and oxygen atoms in total. The van der Waals surface area contributed by atoms with Crippen molar-refractivity contribution in [2.75, 3.05) is 6.61 Å². The number of hydrogen-bond donors (Lipinski definition) is 1. The van der Waals surface area contributed by atoms with Gasteiger partial charge in [-0.1, -0.05) is 32.0 Å². The molecule has 0 fully saturated rings. The third-order valence-corrected chi connectivity index (χ3v) is 6.00. The highest BCUT2D eigenvalue weighted by molar-refractivity contribution is 6.13. The second-order valence-corrected chi connectivity index (χ2v) is 7.45. The lowest BCUT2D eigenvalue weighted by Crippen LogP contribution is -2.01. The Kier molecular flexibility index (Phi) is 3.83. The van der Waals surface area contributed by atoms with E-state index in [2.05, 4.69) is 32.0 Å². The lowest BCUT2D eigenvalue weighted by atomic mass is 9.86. The molecule has 0 spiro atoms. The zero-order valence-electron chi connectivity index (χ0n) is 16.1. The quantitative estimate of drug-likeness (QED) is 0.660. The minimum atomic E-state index is -0.374. The van der Waals surface area contributed by atoms with Crippen LogP contribution in [-0.2, 0) is 30.6 Å². The predicted octanol–water partition coefficient (Wildman–Crippen LogP) is 4.94. The van der Waals surface area contributed by atoms with Gasteiger partial charge in [-0.15, -0.1) is 0 Å². The van der Waals surface area contributed by atoms with Gasteiger partial charge in [0.05, 0.1) is 12.2 Å². The number of carbonyl (C=O) groups excluding carboxylic acids is 1. The number of phenols is 1. The number of rotatable bonds is 3. The van der Waals surface area contributed by atoms with Gasteiger partial charge in [0, 0.05) is 22.9 Å². The standard InChI is InChI=1S/C24H22O4/c1-3-13-9-17-18(10-14(13)4-2)23(25)19-12-28-24(26)22(19)21(17)16-6-5-15-7-8-27-20(15)11-16/h5-6,9-11,25H,3-4,7-8,12H2,1-2H3. The number of phenolic OH excluding ortho intramolecular Hbond substituents is 1. The second-order valence-electron chi connectivity index (χ2n) is 7.45. The summed E-state index contributed by atoms with van der Waals surface area (Å²) in [4.78, 5) is 12.6. The zero-order chi connectivity index (χ0) is 19.4. The van der Waals surface area contributed by atoms with Crippen molar-refractivity contribution >= 4 is 16.7 Å². The number of aryl methyl sites for hydroxylation is 2. The highest BCUT2D eigenvalue weighted by atomic mass is 16.5. The summed E-state index contributed by atoms with van der Waals surface area (Å²) in [6.45, 7) is 5.05. The van der Waals surface area contributed by atoms with Crippen molar-refractivity contribution in [1.82, 2.24) is 0 Å². The molecule has 0 saturated carbocycles. The first-order valence-corrected chi connectivity index (χ1v) is 9.88. The minimum Gasteiger partial charge on any atom is -0.507 e. The Bertz CT molecular complexity index is 1140. The van der Waals surface area contributed by atoms with Crippen LogP contribution >= 0.6 is 0 Å². The van der Waals surface area contributed by atoms with Crippen molar-refractivity contribution in [1.29, 1.82) is 0 Å². The maximum Gasteiger partial charge on any atom is 0.339 e. The van der Waals surface area contributed by atoms with Crippen molar-refractivity contribution in [2.24, 2.45) is 0 Å². The summed E-state index contributed by atoms with van der Waals surface area (Å²) in [5.41, 5.74) is 6.47. The van der Waals surface area contributed by atoms with Crippen molar-refractivity contribution in [2.45, 2.75) is 39.7 Å². The molecule has 0 radical (unpaired) electrons. The number of esters is 1.